The zero-order valence-corrected chi connectivity index (χ0v) is 18.8. The van der Waals surface area contributed by atoms with Gasteiger partial charge in [-0.2, -0.15) is 0 Å². The summed E-state index contributed by atoms with van der Waals surface area (Å²) in [5, 5.41) is 1.35. The first-order valence-corrected chi connectivity index (χ1v) is 11.3. The van der Waals surface area contributed by atoms with Gasteiger partial charge in [-0.05, 0) is 65.5 Å². The van der Waals surface area contributed by atoms with E-state index < -0.39 is 0 Å². The van der Waals surface area contributed by atoms with E-state index >= 15 is 0 Å². The van der Waals surface area contributed by atoms with E-state index in [1.807, 2.05) is 0 Å². The third kappa shape index (κ3) is 8.21. The van der Waals surface area contributed by atoms with Gasteiger partial charge in [0.15, 0.2) is 0 Å². The first-order valence-electron chi connectivity index (χ1n) is 9.35. The van der Waals surface area contributed by atoms with E-state index in [0.717, 1.165) is 13.8 Å². The minimum Gasteiger partial charge on any atom is -0.0622 e. The molecule has 0 saturated heterocycles. The lowest BCUT2D eigenvalue weighted by Gasteiger charge is -2.26. The van der Waals surface area contributed by atoms with Crippen LogP contribution in [0.2, 0.25) is 0 Å². The second-order valence-electron chi connectivity index (χ2n) is 10.2. The van der Waals surface area contributed by atoms with Crippen molar-refractivity contribution in [2.45, 2.75) is 81.1 Å². The van der Waals surface area contributed by atoms with Crippen LogP contribution in [-0.2, 0) is 24.6 Å². The van der Waals surface area contributed by atoms with E-state index in [1.165, 1.54) is 35.7 Å². The molecule has 2 heteroatoms. The molecule has 0 radical (unpaired) electrons. The van der Waals surface area contributed by atoms with Crippen LogP contribution in [0.1, 0.15) is 79.4 Å². The Kier molecular flexibility index (Phi) is 8.08. The molecule has 1 aromatic carbocycles. The lowest BCUT2D eigenvalue weighted by atomic mass is 9.80. The molecule has 0 nitrogen and oxygen atoms in total. The Morgan fingerprint density at radius 3 is 1.83 bits per heavy atom. The van der Waals surface area contributed by atoms with Crippen molar-refractivity contribution in [1.82, 2.24) is 0 Å². The van der Waals surface area contributed by atoms with Crippen LogP contribution in [0, 0.1) is 22.7 Å². The van der Waals surface area contributed by atoms with Crippen molar-refractivity contribution in [3.05, 3.63) is 29.3 Å². The number of benzene rings is 1. The zero-order valence-electron chi connectivity index (χ0n) is 17.1. The summed E-state index contributed by atoms with van der Waals surface area (Å²) in [5.74, 6) is 1.40. The smallest absolute Gasteiger partial charge is 0.0162 e. The molecule has 136 valence electrons. The van der Waals surface area contributed by atoms with Gasteiger partial charge in [-0.15, -0.1) is 0 Å². The molecule has 0 aliphatic carbocycles. The van der Waals surface area contributed by atoms with Crippen LogP contribution in [0.4, 0.5) is 0 Å². The van der Waals surface area contributed by atoms with Gasteiger partial charge in [-0.3, -0.25) is 0 Å². The predicted molar refractivity (Wildman–Crippen MR) is 114 cm³/mol. The van der Waals surface area contributed by atoms with Crippen LogP contribution in [0.25, 0.3) is 0 Å². The molecule has 1 rings (SSSR count). The topological polar surface area (TPSA) is 0 Å². The minimum absolute atomic E-state index is 0.389. The largest absolute Gasteiger partial charge is 0.0622 e. The van der Waals surface area contributed by atoms with Crippen LogP contribution < -0.4 is 5.30 Å². The molecule has 2 unspecified atom stereocenters. The summed E-state index contributed by atoms with van der Waals surface area (Å²) >= 11 is 5.40. The van der Waals surface area contributed by atoms with E-state index in [9.17, 15) is 0 Å². The summed E-state index contributed by atoms with van der Waals surface area (Å²) < 4.78 is 0. The molecular weight excluding hydrogens is 327 g/mol. The van der Waals surface area contributed by atoms with Crippen LogP contribution in [0.3, 0.4) is 0 Å². The Balaban J connectivity index is 2.98. The van der Waals surface area contributed by atoms with Gasteiger partial charge in [-0.1, -0.05) is 79.3 Å². The average molecular weight is 365 g/mol. The highest BCUT2D eigenvalue weighted by Gasteiger charge is 2.20. The number of hydrogen-bond acceptors (Lipinski definition) is 1. The van der Waals surface area contributed by atoms with Gasteiger partial charge in [0.25, 0.3) is 0 Å². The summed E-state index contributed by atoms with van der Waals surface area (Å²) in [6, 6.07) is 6.76. The van der Waals surface area contributed by atoms with Gasteiger partial charge >= 0.3 is 0 Å². The van der Waals surface area contributed by atoms with E-state index in [1.54, 1.807) is 0 Å². The second-order valence-corrected chi connectivity index (χ2v) is 11.4. The van der Waals surface area contributed by atoms with Crippen molar-refractivity contribution >= 4 is 24.5 Å². The first-order chi connectivity index (χ1) is 10.9. The fourth-order valence-corrected chi connectivity index (χ4v) is 5.10. The first kappa shape index (κ1) is 21.8. The third-order valence-corrected chi connectivity index (χ3v) is 5.60. The fourth-order valence-electron chi connectivity index (χ4n) is 4.09. The molecule has 0 heterocycles. The molecule has 0 aliphatic rings. The lowest BCUT2D eigenvalue weighted by Crippen LogP contribution is -2.19. The molecule has 0 amide bonds. The highest BCUT2D eigenvalue weighted by Crippen LogP contribution is 2.30. The molecule has 0 spiro atoms. The van der Waals surface area contributed by atoms with E-state index in [0.29, 0.717) is 22.7 Å². The molecule has 0 fully saturated rings. The molecule has 2 atom stereocenters. The maximum Gasteiger partial charge on any atom is 0.0162 e. The standard InChI is InChI=1S/C22H37PS/c1-16(14-21(3,4)5)12-18-10-9-11-20(23-24)19(18)13-17(2)15-22(6,7)8/h9-11,16-17H,12-15H2,1-8H3. The Hall–Kier alpha value is -0.260. The summed E-state index contributed by atoms with van der Waals surface area (Å²) in [7, 11) is 0.988. The van der Waals surface area contributed by atoms with Crippen LogP contribution in [-0.4, -0.2) is 0 Å². The lowest BCUT2D eigenvalue weighted by molar-refractivity contribution is 0.301. The maximum absolute atomic E-state index is 5.40. The summed E-state index contributed by atoms with van der Waals surface area (Å²) in [6.07, 6.45) is 4.86. The van der Waals surface area contributed by atoms with Gasteiger partial charge in [0.05, 0.1) is 0 Å². The van der Waals surface area contributed by atoms with Gasteiger partial charge in [-0.25, -0.2) is 0 Å². The highest BCUT2D eigenvalue weighted by atomic mass is 32.4. The normalized spacial score (nSPS) is 15.5. The quantitative estimate of drug-likeness (QED) is 0.472. The van der Waals surface area contributed by atoms with Crippen molar-refractivity contribution < 1.29 is 0 Å². The maximum atomic E-state index is 5.40. The molecule has 24 heavy (non-hydrogen) atoms. The van der Waals surface area contributed by atoms with Gasteiger partial charge < -0.3 is 0 Å². The Labute approximate surface area is 157 Å². The van der Waals surface area contributed by atoms with Crippen LogP contribution in [0.5, 0.6) is 0 Å². The Morgan fingerprint density at radius 1 is 0.875 bits per heavy atom. The SMILES string of the molecule is CC(Cc1cccc(P=S)c1CC(C)CC(C)(C)C)CC(C)(C)C. The summed E-state index contributed by atoms with van der Waals surface area (Å²) in [6.45, 7) is 18.8. The van der Waals surface area contributed by atoms with Crippen LogP contribution in [0.15, 0.2) is 18.2 Å². The Bertz CT molecular complexity index is 534. The molecule has 0 bridgehead atoms. The predicted octanol–water partition coefficient (Wildman–Crippen LogP) is 6.95. The average Bonchev–Trinajstić information content (AvgIpc) is 2.36. The molecule has 0 aromatic heterocycles. The fraction of sp³-hybridized carbons (Fsp3) is 0.727. The monoisotopic (exact) mass is 364 g/mol. The number of hydrogen-bond donors (Lipinski definition) is 0. The van der Waals surface area contributed by atoms with E-state index in [2.05, 4.69) is 73.6 Å². The Morgan fingerprint density at radius 2 is 1.38 bits per heavy atom. The van der Waals surface area contributed by atoms with Crippen LogP contribution >= 0.6 is 7.36 Å². The van der Waals surface area contributed by atoms with Crippen molar-refractivity contribution in [1.29, 1.82) is 0 Å². The van der Waals surface area contributed by atoms with E-state index in [-0.39, 0.29) is 0 Å². The zero-order chi connectivity index (χ0) is 18.5. The molecule has 0 aliphatic heterocycles. The summed E-state index contributed by atoms with van der Waals surface area (Å²) in [4.78, 5) is 0. The van der Waals surface area contributed by atoms with Gasteiger partial charge in [0.2, 0.25) is 0 Å². The van der Waals surface area contributed by atoms with Gasteiger partial charge in [0.1, 0.15) is 0 Å². The number of rotatable bonds is 7. The van der Waals surface area contributed by atoms with Crippen molar-refractivity contribution in [3.63, 3.8) is 0 Å². The molecule has 0 saturated carbocycles. The molecule has 1 aromatic rings. The highest BCUT2D eigenvalue weighted by molar-refractivity contribution is 7.99. The summed E-state index contributed by atoms with van der Waals surface area (Å²) in [5.41, 5.74) is 3.85. The minimum atomic E-state index is 0.389. The molecular formula is C22H37PS. The van der Waals surface area contributed by atoms with Crippen molar-refractivity contribution in [2.75, 3.05) is 0 Å². The molecule has 0 N–H and O–H groups in total. The van der Waals surface area contributed by atoms with Crippen molar-refractivity contribution in [3.8, 4) is 0 Å². The third-order valence-electron chi connectivity index (χ3n) is 4.39. The van der Waals surface area contributed by atoms with Gasteiger partial charge in [0, 0.05) is 12.7 Å². The van der Waals surface area contributed by atoms with Crippen molar-refractivity contribution in [2.24, 2.45) is 22.7 Å². The van der Waals surface area contributed by atoms with E-state index in [4.69, 9.17) is 11.8 Å². The second kappa shape index (κ2) is 8.91.